The minimum Gasteiger partial charge on any atom is -0.396 e. The predicted octanol–water partition coefficient (Wildman–Crippen LogP) is 0.660. The van der Waals surface area contributed by atoms with Crippen molar-refractivity contribution in [1.29, 1.82) is 0 Å². The molecule has 0 aromatic carbocycles. The standard InChI is InChI=1S/C9H17N3O/c1-9(2,3-4-13)12-6-8-5-10-7-11-8/h5,7,12-13H,3-4,6H2,1-2H3,(H,10,11). The fourth-order valence-corrected chi connectivity index (χ4v) is 1.08. The highest BCUT2D eigenvalue weighted by molar-refractivity contribution is 4.94. The van der Waals surface area contributed by atoms with Gasteiger partial charge in [-0.25, -0.2) is 4.98 Å². The molecule has 0 aliphatic rings. The van der Waals surface area contributed by atoms with Crippen LogP contribution in [0, 0.1) is 0 Å². The van der Waals surface area contributed by atoms with Crippen molar-refractivity contribution in [3.05, 3.63) is 18.2 Å². The van der Waals surface area contributed by atoms with Gasteiger partial charge in [0, 0.05) is 30.6 Å². The maximum Gasteiger partial charge on any atom is 0.0922 e. The topological polar surface area (TPSA) is 60.9 Å². The van der Waals surface area contributed by atoms with Crippen LogP contribution < -0.4 is 5.32 Å². The number of aromatic amines is 1. The number of aliphatic hydroxyl groups is 1. The van der Waals surface area contributed by atoms with Gasteiger partial charge in [-0.1, -0.05) is 0 Å². The van der Waals surface area contributed by atoms with Gasteiger partial charge < -0.3 is 15.4 Å². The van der Waals surface area contributed by atoms with Gasteiger partial charge in [-0.2, -0.15) is 0 Å². The van der Waals surface area contributed by atoms with E-state index in [1.807, 2.05) is 0 Å². The average Bonchev–Trinajstić information content (AvgIpc) is 2.52. The minimum atomic E-state index is -0.0279. The Morgan fingerprint density at radius 1 is 1.62 bits per heavy atom. The number of H-pyrrole nitrogens is 1. The van der Waals surface area contributed by atoms with Crippen molar-refractivity contribution < 1.29 is 5.11 Å². The molecule has 4 nitrogen and oxygen atoms in total. The number of aliphatic hydroxyl groups excluding tert-OH is 1. The Kier molecular flexibility index (Phi) is 3.45. The smallest absolute Gasteiger partial charge is 0.0922 e. The van der Waals surface area contributed by atoms with Gasteiger partial charge in [-0.15, -0.1) is 0 Å². The van der Waals surface area contributed by atoms with Crippen LogP contribution in [0.1, 0.15) is 26.0 Å². The van der Waals surface area contributed by atoms with Crippen LogP contribution in [0.5, 0.6) is 0 Å². The molecule has 0 spiro atoms. The lowest BCUT2D eigenvalue weighted by Gasteiger charge is -2.24. The fraction of sp³-hybridized carbons (Fsp3) is 0.667. The molecule has 0 aliphatic heterocycles. The van der Waals surface area contributed by atoms with Gasteiger partial charge in [0.15, 0.2) is 0 Å². The maximum absolute atomic E-state index is 8.80. The summed E-state index contributed by atoms with van der Waals surface area (Å²) in [7, 11) is 0. The molecular weight excluding hydrogens is 166 g/mol. The molecule has 0 atom stereocenters. The molecule has 1 aromatic heterocycles. The molecule has 3 N–H and O–H groups in total. The van der Waals surface area contributed by atoms with Crippen LogP contribution in [-0.2, 0) is 6.54 Å². The number of nitrogens with zero attached hydrogens (tertiary/aromatic N) is 1. The highest BCUT2D eigenvalue weighted by Crippen LogP contribution is 2.07. The summed E-state index contributed by atoms with van der Waals surface area (Å²) in [5.74, 6) is 0. The second-order valence-electron chi connectivity index (χ2n) is 3.79. The molecule has 1 rings (SSSR count). The summed E-state index contributed by atoms with van der Waals surface area (Å²) in [5, 5.41) is 12.1. The summed E-state index contributed by atoms with van der Waals surface area (Å²) in [6, 6.07) is 0. The first-order valence-electron chi connectivity index (χ1n) is 4.47. The number of aromatic nitrogens is 2. The van der Waals surface area contributed by atoms with Crippen molar-refractivity contribution in [2.24, 2.45) is 0 Å². The lowest BCUT2D eigenvalue weighted by Crippen LogP contribution is -2.39. The SMILES string of the molecule is CC(C)(CCO)NCc1cnc[nH]1. The zero-order valence-electron chi connectivity index (χ0n) is 8.17. The molecule has 0 amide bonds. The van der Waals surface area contributed by atoms with Crippen molar-refractivity contribution in [3.63, 3.8) is 0 Å². The third kappa shape index (κ3) is 3.57. The molecule has 0 saturated carbocycles. The van der Waals surface area contributed by atoms with Gasteiger partial charge in [0.25, 0.3) is 0 Å². The van der Waals surface area contributed by atoms with E-state index in [0.29, 0.717) is 0 Å². The Hall–Kier alpha value is -0.870. The monoisotopic (exact) mass is 183 g/mol. The third-order valence-electron chi connectivity index (χ3n) is 2.05. The van der Waals surface area contributed by atoms with E-state index in [9.17, 15) is 0 Å². The fourth-order valence-electron chi connectivity index (χ4n) is 1.08. The summed E-state index contributed by atoms with van der Waals surface area (Å²) < 4.78 is 0. The molecule has 0 unspecified atom stereocenters. The van der Waals surface area contributed by atoms with Crippen LogP contribution in [0.4, 0.5) is 0 Å². The first kappa shape index (κ1) is 10.2. The molecule has 0 aliphatic carbocycles. The maximum atomic E-state index is 8.80. The summed E-state index contributed by atoms with van der Waals surface area (Å²) in [6.45, 7) is 5.11. The molecule has 74 valence electrons. The van der Waals surface area contributed by atoms with Crippen molar-refractivity contribution in [2.75, 3.05) is 6.61 Å². The third-order valence-corrected chi connectivity index (χ3v) is 2.05. The van der Waals surface area contributed by atoms with E-state index >= 15 is 0 Å². The van der Waals surface area contributed by atoms with Gasteiger partial charge in [-0.05, 0) is 20.3 Å². The van der Waals surface area contributed by atoms with E-state index in [2.05, 4.69) is 29.1 Å². The van der Waals surface area contributed by atoms with Gasteiger partial charge in [0.1, 0.15) is 0 Å². The molecule has 1 heterocycles. The van der Waals surface area contributed by atoms with Crippen LogP contribution in [0.15, 0.2) is 12.5 Å². The molecule has 13 heavy (non-hydrogen) atoms. The number of imidazole rings is 1. The molecule has 0 radical (unpaired) electrons. The lowest BCUT2D eigenvalue weighted by molar-refractivity contribution is 0.229. The number of nitrogens with one attached hydrogen (secondary N) is 2. The summed E-state index contributed by atoms with van der Waals surface area (Å²) in [4.78, 5) is 6.94. The lowest BCUT2D eigenvalue weighted by atomic mass is 10.0. The Bertz CT molecular complexity index is 231. The van der Waals surface area contributed by atoms with Crippen LogP contribution in [0.25, 0.3) is 0 Å². The predicted molar refractivity (Wildman–Crippen MR) is 51.2 cm³/mol. The van der Waals surface area contributed by atoms with Gasteiger partial charge >= 0.3 is 0 Å². The number of rotatable bonds is 5. The normalized spacial score (nSPS) is 11.9. The highest BCUT2D eigenvalue weighted by atomic mass is 16.3. The quantitative estimate of drug-likeness (QED) is 0.628. The van der Waals surface area contributed by atoms with E-state index in [0.717, 1.165) is 18.7 Å². The highest BCUT2D eigenvalue weighted by Gasteiger charge is 2.15. The van der Waals surface area contributed by atoms with Crippen molar-refractivity contribution >= 4 is 0 Å². The molecule has 0 bridgehead atoms. The molecule has 0 saturated heterocycles. The molecule has 0 fully saturated rings. The summed E-state index contributed by atoms with van der Waals surface area (Å²) in [5.41, 5.74) is 1.03. The minimum absolute atomic E-state index is 0.0279. The first-order valence-corrected chi connectivity index (χ1v) is 4.47. The van der Waals surface area contributed by atoms with E-state index in [-0.39, 0.29) is 12.1 Å². The van der Waals surface area contributed by atoms with E-state index < -0.39 is 0 Å². The van der Waals surface area contributed by atoms with E-state index in [1.165, 1.54) is 0 Å². The Labute approximate surface area is 78.4 Å². The zero-order valence-corrected chi connectivity index (χ0v) is 8.17. The van der Waals surface area contributed by atoms with E-state index in [4.69, 9.17) is 5.11 Å². The average molecular weight is 183 g/mol. The van der Waals surface area contributed by atoms with Crippen LogP contribution in [-0.4, -0.2) is 27.2 Å². The Morgan fingerprint density at radius 3 is 2.92 bits per heavy atom. The van der Waals surface area contributed by atoms with Crippen LogP contribution in [0.2, 0.25) is 0 Å². The number of hydrogen-bond donors (Lipinski definition) is 3. The number of hydrogen-bond acceptors (Lipinski definition) is 3. The Balaban J connectivity index is 2.33. The Morgan fingerprint density at radius 2 is 2.38 bits per heavy atom. The van der Waals surface area contributed by atoms with Crippen LogP contribution >= 0.6 is 0 Å². The van der Waals surface area contributed by atoms with Crippen molar-refractivity contribution in [1.82, 2.24) is 15.3 Å². The van der Waals surface area contributed by atoms with Crippen molar-refractivity contribution in [2.45, 2.75) is 32.4 Å². The first-order chi connectivity index (χ1) is 6.14. The molecule has 1 aromatic rings. The van der Waals surface area contributed by atoms with Crippen LogP contribution in [0.3, 0.4) is 0 Å². The molecular formula is C9H17N3O. The van der Waals surface area contributed by atoms with Gasteiger partial charge in [0.2, 0.25) is 0 Å². The largest absolute Gasteiger partial charge is 0.396 e. The second kappa shape index (κ2) is 4.39. The summed E-state index contributed by atoms with van der Waals surface area (Å²) >= 11 is 0. The van der Waals surface area contributed by atoms with Gasteiger partial charge in [-0.3, -0.25) is 0 Å². The summed E-state index contributed by atoms with van der Waals surface area (Å²) in [6.07, 6.45) is 4.21. The molecule has 4 heteroatoms. The van der Waals surface area contributed by atoms with Crippen molar-refractivity contribution in [3.8, 4) is 0 Å². The van der Waals surface area contributed by atoms with Gasteiger partial charge in [0.05, 0.1) is 6.33 Å². The van der Waals surface area contributed by atoms with E-state index in [1.54, 1.807) is 12.5 Å². The zero-order chi connectivity index (χ0) is 9.73. The second-order valence-corrected chi connectivity index (χ2v) is 3.79.